The Morgan fingerprint density at radius 1 is 1.53 bits per heavy atom. The Kier molecular flexibility index (Phi) is 7.65. The number of hydrogen-bond acceptors (Lipinski definition) is 4. The normalized spacial score (nSPS) is 12.2. The Hall–Kier alpha value is -1.08. The van der Waals surface area contributed by atoms with Gasteiger partial charge in [0, 0.05) is 13.0 Å². The first-order valence-corrected chi connectivity index (χ1v) is 5.25. The van der Waals surface area contributed by atoms with Crippen LogP contribution in [0.3, 0.4) is 0 Å². The number of hydrogen-bond donors (Lipinski definition) is 0. The molecule has 0 aromatic heterocycles. The molecule has 0 N–H and O–H groups in total. The lowest BCUT2D eigenvalue weighted by Crippen LogP contribution is -2.30. The second kappa shape index (κ2) is 8.25. The van der Waals surface area contributed by atoms with E-state index in [1.807, 2.05) is 14.0 Å². The van der Waals surface area contributed by atoms with Crippen LogP contribution < -0.4 is 0 Å². The van der Waals surface area contributed by atoms with Crippen molar-refractivity contribution in [2.24, 2.45) is 5.92 Å². The Morgan fingerprint density at radius 3 is 2.73 bits per heavy atom. The van der Waals surface area contributed by atoms with Crippen LogP contribution in [0.25, 0.3) is 0 Å². The molecule has 15 heavy (non-hydrogen) atoms. The Balaban J connectivity index is 3.60. The largest absolute Gasteiger partial charge is 0.469 e. The molecule has 0 heterocycles. The third-order valence-corrected chi connectivity index (χ3v) is 2.27. The van der Waals surface area contributed by atoms with Gasteiger partial charge < -0.3 is 9.64 Å². The molecule has 0 saturated carbocycles. The van der Waals surface area contributed by atoms with Gasteiger partial charge in [0.1, 0.15) is 0 Å². The monoisotopic (exact) mass is 212 g/mol. The minimum absolute atomic E-state index is 0.0871. The van der Waals surface area contributed by atoms with Crippen LogP contribution in [0.1, 0.15) is 26.2 Å². The molecule has 0 amide bonds. The van der Waals surface area contributed by atoms with E-state index in [9.17, 15) is 4.79 Å². The van der Waals surface area contributed by atoms with Gasteiger partial charge in [-0.2, -0.15) is 5.26 Å². The van der Waals surface area contributed by atoms with Gasteiger partial charge in [-0.05, 0) is 26.4 Å². The third kappa shape index (κ3) is 6.92. The van der Waals surface area contributed by atoms with Crippen LogP contribution >= 0.6 is 0 Å². The molecule has 0 saturated heterocycles. The molecule has 0 aromatic carbocycles. The molecule has 1 unspecified atom stereocenters. The van der Waals surface area contributed by atoms with Crippen molar-refractivity contribution in [3.05, 3.63) is 0 Å². The van der Waals surface area contributed by atoms with Crippen LogP contribution in [0.15, 0.2) is 0 Å². The molecule has 0 fully saturated rings. The second-order valence-electron chi connectivity index (χ2n) is 3.80. The van der Waals surface area contributed by atoms with Gasteiger partial charge in [-0.3, -0.25) is 4.79 Å². The highest BCUT2D eigenvalue weighted by Crippen LogP contribution is 2.02. The standard InChI is InChI=1S/C11H20N2O2/c1-10(11(14)15-3)9-13(2)8-6-4-5-7-12/h10H,4-6,8-9H2,1-3H3. The lowest BCUT2D eigenvalue weighted by molar-refractivity contribution is -0.145. The van der Waals surface area contributed by atoms with Crippen LogP contribution in [0, 0.1) is 17.2 Å². The van der Waals surface area contributed by atoms with Crippen LogP contribution in [0.2, 0.25) is 0 Å². The minimum atomic E-state index is -0.168. The number of nitriles is 1. The van der Waals surface area contributed by atoms with Gasteiger partial charge in [0.15, 0.2) is 0 Å². The van der Waals surface area contributed by atoms with E-state index in [0.29, 0.717) is 13.0 Å². The summed E-state index contributed by atoms with van der Waals surface area (Å²) in [5.41, 5.74) is 0. The maximum Gasteiger partial charge on any atom is 0.309 e. The molecule has 0 rings (SSSR count). The number of rotatable bonds is 7. The van der Waals surface area contributed by atoms with Gasteiger partial charge in [-0.1, -0.05) is 6.92 Å². The summed E-state index contributed by atoms with van der Waals surface area (Å²) in [5.74, 6) is -0.255. The van der Waals surface area contributed by atoms with E-state index in [4.69, 9.17) is 5.26 Å². The Morgan fingerprint density at radius 2 is 2.20 bits per heavy atom. The van der Waals surface area contributed by atoms with Crippen molar-refractivity contribution in [3.63, 3.8) is 0 Å². The average Bonchev–Trinajstić information content (AvgIpc) is 2.23. The minimum Gasteiger partial charge on any atom is -0.469 e. The highest BCUT2D eigenvalue weighted by molar-refractivity contribution is 5.71. The second-order valence-corrected chi connectivity index (χ2v) is 3.80. The number of unbranched alkanes of at least 4 members (excludes halogenated alkanes) is 2. The molecule has 0 aliphatic heterocycles. The summed E-state index contributed by atoms with van der Waals surface area (Å²) in [5, 5.41) is 8.36. The smallest absolute Gasteiger partial charge is 0.309 e. The van der Waals surface area contributed by atoms with E-state index in [-0.39, 0.29) is 11.9 Å². The summed E-state index contributed by atoms with van der Waals surface area (Å²) < 4.78 is 4.65. The highest BCUT2D eigenvalue weighted by atomic mass is 16.5. The van der Waals surface area contributed by atoms with Crippen LogP contribution in [0.5, 0.6) is 0 Å². The predicted molar refractivity (Wildman–Crippen MR) is 58.1 cm³/mol. The number of methoxy groups -OCH3 is 1. The van der Waals surface area contributed by atoms with Gasteiger partial charge in [0.05, 0.1) is 19.1 Å². The molecular weight excluding hydrogens is 192 g/mol. The summed E-state index contributed by atoms with van der Waals surface area (Å²) in [6, 6.07) is 2.12. The molecule has 1 atom stereocenters. The fourth-order valence-electron chi connectivity index (χ4n) is 1.42. The predicted octanol–water partition coefficient (Wildman–Crippen LogP) is 1.42. The summed E-state index contributed by atoms with van der Waals surface area (Å²) >= 11 is 0. The quantitative estimate of drug-likeness (QED) is 0.473. The lowest BCUT2D eigenvalue weighted by atomic mass is 10.1. The molecular formula is C11H20N2O2. The van der Waals surface area contributed by atoms with Gasteiger partial charge >= 0.3 is 5.97 Å². The van der Waals surface area contributed by atoms with Gasteiger partial charge in [0.2, 0.25) is 0 Å². The molecule has 0 radical (unpaired) electrons. The molecule has 0 aliphatic carbocycles. The van der Waals surface area contributed by atoms with Gasteiger partial charge in [-0.25, -0.2) is 0 Å². The van der Waals surface area contributed by atoms with E-state index in [0.717, 1.165) is 19.4 Å². The molecule has 0 bridgehead atoms. The zero-order valence-corrected chi connectivity index (χ0v) is 9.82. The number of carbonyl (C=O) groups excluding carboxylic acids is 1. The first-order valence-electron chi connectivity index (χ1n) is 5.25. The maximum absolute atomic E-state index is 11.1. The fourth-order valence-corrected chi connectivity index (χ4v) is 1.42. The first-order chi connectivity index (χ1) is 7.11. The van der Waals surface area contributed by atoms with Crippen molar-refractivity contribution in [2.45, 2.75) is 26.2 Å². The maximum atomic E-state index is 11.1. The van der Waals surface area contributed by atoms with E-state index in [1.165, 1.54) is 7.11 Å². The van der Waals surface area contributed by atoms with Crippen molar-refractivity contribution in [1.29, 1.82) is 5.26 Å². The summed E-state index contributed by atoms with van der Waals surface area (Å²) in [6.07, 6.45) is 2.53. The lowest BCUT2D eigenvalue weighted by Gasteiger charge is -2.19. The zero-order valence-electron chi connectivity index (χ0n) is 9.82. The fraction of sp³-hybridized carbons (Fsp3) is 0.818. The summed E-state index contributed by atoms with van der Waals surface area (Å²) in [4.78, 5) is 13.2. The van der Waals surface area contributed by atoms with E-state index in [1.54, 1.807) is 0 Å². The molecule has 0 aliphatic rings. The molecule has 0 aromatic rings. The Labute approximate surface area is 91.8 Å². The zero-order chi connectivity index (χ0) is 11.7. The average molecular weight is 212 g/mol. The van der Waals surface area contributed by atoms with Crippen molar-refractivity contribution in [2.75, 3.05) is 27.2 Å². The SMILES string of the molecule is COC(=O)C(C)CN(C)CCCCC#N. The molecule has 86 valence electrons. The number of ether oxygens (including phenoxy) is 1. The molecule has 4 heteroatoms. The Bertz CT molecular complexity index is 223. The highest BCUT2D eigenvalue weighted by Gasteiger charge is 2.14. The van der Waals surface area contributed by atoms with Crippen molar-refractivity contribution >= 4 is 5.97 Å². The summed E-state index contributed by atoms with van der Waals surface area (Å²) in [7, 11) is 3.39. The van der Waals surface area contributed by atoms with Gasteiger partial charge in [0.25, 0.3) is 0 Å². The topological polar surface area (TPSA) is 53.3 Å². The number of carbonyl (C=O) groups is 1. The van der Waals surface area contributed by atoms with Crippen molar-refractivity contribution in [1.82, 2.24) is 4.90 Å². The third-order valence-electron chi connectivity index (χ3n) is 2.27. The number of nitrogens with zero attached hydrogens (tertiary/aromatic N) is 2. The van der Waals surface area contributed by atoms with E-state index >= 15 is 0 Å². The van der Waals surface area contributed by atoms with E-state index in [2.05, 4.69) is 15.7 Å². The van der Waals surface area contributed by atoms with E-state index < -0.39 is 0 Å². The molecule has 4 nitrogen and oxygen atoms in total. The van der Waals surface area contributed by atoms with Crippen LogP contribution in [-0.4, -0.2) is 38.1 Å². The van der Waals surface area contributed by atoms with Crippen LogP contribution in [-0.2, 0) is 9.53 Å². The number of esters is 1. The summed E-state index contributed by atoms with van der Waals surface area (Å²) in [6.45, 7) is 3.49. The molecule has 0 spiro atoms. The van der Waals surface area contributed by atoms with Gasteiger partial charge in [-0.15, -0.1) is 0 Å². The van der Waals surface area contributed by atoms with Crippen LogP contribution in [0.4, 0.5) is 0 Å². The first kappa shape index (κ1) is 13.9. The van der Waals surface area contributed by atoms with Crippen molar-refractivity contribution < 1.29 is 9.53 Å². The van der Waals surface area contributed by atoms with Crippen molar-refractivity contribution in [3.8, 4) is 6.07 Å².